The quantitative estimate of drug-likeness (QED) is 0.899. The molecule has 0 spiro atoms. The monoisotopic (exact) mass is 348 g/mol. The standard InChI is InChI=1S/C17H21ClN4O2/c1-13-10-16(20-24-13)19-17(23)12-22-8-6-21(7-9-22)11-14-4-2-3-5-15(14)18/h2-5,10H,6-9,11-12H2,1H3,(H,19,20,23). The van der Waals surface area contributed by atoms with Crippen LogP contribution in [0.2, 0.25) is 5.02 Å². The lowest BCUT2D eigenvalue weighted by molar-refractivity contribution is -0.117. The molecule has 1 amide bonds. The molecule has 1 N–H and O–H groups in total. The first kappa shape index (κ1) is 17.0. The van der Waals surface area contributed by atoms with Gasteiger partial charge < -0.3 is 9.84 Å². The van der Waals surface area contributed by atoms with Crippen molar-refractivity contribution < 1.29 is 9.32 Å². The molecule has 24 heavy (non-hydrogen) atoms. The van der Waals surface area contributed by atoms with E-state index >= 15 is 0 Å². The van der Waals surface area contributed by atoms with Crippen molar-refractivity contribution in [1.82, 2.24) is 15.0 Å². The van der Waals surface area contributed by atoms with Crippen LogP contribution in [0, 0.1) is 6.92 Å². The molecule has 3 rings (SSSR count). The highest BCUT2D eigenvalue weighted by Crippen LogP contribution is 2.18. The summed E-state index contributed by atoms with van der Waals surface area (Å²) in [7, 11) is 0. The first-order valence-corrected chi connectivity index (χ1v) is 8.39. The Kier molecular flexibility index (Phi) is 5.50. The molecule has 2 heterocycles. The number of aromatic nitrogens is 1. The van der Waals surface area contributed by atoms with Gasteiger partial charge >= 0.3 is 0 Å². The van der Waals surface area contributed by atoms with Crippen LogP contribution in [0.15, 0.2) is 34.9 Å². The number of hydrogen-bond acceptors (Lipinski definition) is 5. The summed E-state index contributed by atoms with van der Waals surface area (Å²) < 4.78 is 4.94. The highest BCUT2D eigenvalue weighted by atomic mass is 35.5. The average Bonchev–Trinajstić information content (AvgIpc) is 2.96. The molecule has 1 aromatic carbocycles. The Bertz CT molecular complexity index is 695. The zero-order valence-electron chi connectivity index (χ0n) is 13.7. The predicted octanol–water partition coefficient (Wildman–Crippen LogP) is 2.39. The van der Waals surface area contributed by atoms with Crippen molar-refractivity contribution in [2.24, 2.45) is 0 Å². The lowest BCUT2D eigenvalue weighted by atomic mass is 10.2. The van der Waals surface area contributed by atoms with Gasteiger partial charge in [-0.3, -0.25) is 14.6 Å². The maximum Gasteiger partial charge on any atom is 0.239 e. The van der Waals surface area contributed by atoms with Crippen molar-refractivity contribution >= 4 is 23.3 Å². The van der Waals surface area contributed by atoms with Gasteiger partial charge in [-0.15, -0.1) is 0 Å². The van der Waals surface area contributed by atoms with Crippen molar-refractivity contribution in [2.75, 3.05) is 38.0 Å². The molecule has 0 aliphatic carbocycles. The number of rotatable bonds is 5. The predicted molar refractivity (Wildman–Crippen MR) is 93.0 cm³/mol. The van der Waals surface area contributed by atoms with Crippen LogP contribution in [0.5, 0.6) is 0 Å². The number of hydrogen-bond donors (Lipinski definition) is 1. The summed E-state index contributed by atoms with van der Waals surface area (Å²) >= 11 is 6.22. The van der Waals surface area contributed by atoms with Crippen molar-refractivity contribution in [2.45, 2.75) is 13.5 Å². The first-order chi connectivity index (χ1) is 11.6. The number of piperazine rings is 1. The summed E-state index contributed by atoms with van der Waals surface area (Å²) in [5, 5.41) is 7.33. The molecule has 0 saturated carbocycles. The fourth-order valence-corrected chi connectivity index (χ4v) is 2.98. The molecular weight excluding hydrogens is 328 g/mol. The number of benzene rings is 1. The van der Waals surface area contributed by atoms with E-state index in [0.717, 1.165) is 43.3 Å². The minimum Gasteiger partial charge on any atom is -0.360 e. The Morgan fingerprint density at radius 1 is 1.25 bits per heavy atom. The number of anilines is 1. The van der Waals surface area contributed by atoms with Crippen LogP contribution in [0.3, 0.4) is 0 Å². The molecule has 1 aromatic heterocycles. The number of nitrogens with one attached hydrogen (secondary N) is 1. The summed E-state index contributed by atoms with van der Waals surface area (Å²) in [6.45, 7) is 6.55. The Morgan fingerprint density at radius 3 is 2.62 bits per heavy atom. The number of nitrogens with zero attached hydrogens (tertiary/aromatic N) is 3. The fourth-order valence-electron chi connectivity index (χ4n) is 2.78. The molecule has 2 aromatic rings. The molecule has 1 saturated heterocycles. The third-order valence-electron chi connectivity index (χ3n) is 4.08. The zero-order valence-corrected chi connectivity index (χ0v) is 14.4. The van der Waals surface area contributed by atoms with Gasteiger partial charge in [-0.1, -0.05) is 35.0 Å². The third kappa shape index (κ3) is 4.56. The normalized spacial score (nSPS) is 16.2. The fraction of sp³-hybridized carbons (Fsp3) is 0.412. The Morgan fingerprint density at radius 2 is 1.96 bits per heavy atom. The number of carbonyl (C=O) groups excluding carboxylic acids is 1. The lowest BCUT2D eigenvalue weighted by Crippen LogP contribution is -2.48. The SMILES string of the molecule is Cc1cc(NC(=O)CN2CCN(Cc3ccccc3Cl)CC2)no1. The molecule has 1 fully saturated rings. The minimum absolute atomic E-state index is 0.0668. The van der Waals surface area contributed by atoms with Gasteiger partial charge in [0.25, 0.3) is 0 Å². The van der Waals surface area contributed by atoms with Gasteiger partial charge in [0.15, 0.2) is 5.82 Å². The van der Waals surface area contributed by atoms with Crippen LogP contribution >= 0.6 is 11.6 Å². The minimum atomic E-state index is -0.0668. The zero-order chi connectivity index (χ0) is 16.9. The third-order valence-corrected chi connectivity index (χ3v) is 4.45. The van der Waals surface area contributed by atoms with Gasteiger partial charge in [-0.05, 0) is 18.6 Å². The van der Waals surface area contributed by atoms with Crippen molar-refractivity contribution in [3.63, 3.8) is 0 Å². The van der Waals surface area contributed by atoms with Crippen LogP contribution < -0.4 is 5.32 Å². The van der Waals surface area contributed by atoms with Crippen molar-refractivity contribution in [3.05, 3.63) is 46.7 Å². The van der Waals surface area contributed by atoms with Crippen LogP contribution in [-0.4, -0.2) is 53.6 Å². The Hall–Kier alpha value is -1.89. The van der Waals surface area contributed by atoms with Crippen LogP contribution in [0.4, 0.5) is 5.82 Å². The average molecular weight is 349 g/mol. The molecule has 0 atom stereocenters. The maximum absolute atomic E-state index is 12.0. The summed E-state index contributed by atoms with van der Waals surface area (Å²) in [4.78, 5) is 16.5. The number of carbonyl (C=O) groups is 1. The summed E-state index contributed by atoms with van der Waals surface area (Å²) in [6, 6.07) is 9.64. The highest BCUT2D eigenvalue weighted by Gasteiger charge is 2.20. The molecule has 0 unspecified atom stereocenters. The van der Waals surface area contributed by atoms with E-state index in [-0.39, 0.29) is 5.91 Å². The second-order valence-corrected chi connectivity index (χ2v) is 6.42. The maximum atomic E-state index is 12.0. The van der Waals surface area contributed by atoms with Crippen LogP contribution in [0.25, 0.3) is 0 Å². The molecule has 1 aliphatic rings. The van der Waals surface area contributed by atoms with Crippen LogP contribution in [0.1, 0.15) is 11.3 Å². The molecule has 6 nitrogen and oxygen atoms in total. The number of aryl methyl sites for hydroxylation is 1. The van der Waals surface area contributed by atoms with Gasteiger partial charge in [-0.25, -0.2) is 0 Å². The Balaban J connectivity index is 1.43. The lowest BCUT2D eigenvalue weighted by Gasteiger charge is -2.34. The van der Waals surface area contributed by atoms with E-state index in [4.69, 9.17) is 16.1 Å². The second-order valence-electron chi connectivity index (χ2n) is 6.01. The number of halogens is 1. The molecule has 0 bridgehead atoms. The van der Waals surface area contributed by atoms with Gasteiger partial charge in [0.05, 0.1) is 6.54 Å². The summed E-state index contributed by atoms with van der Waals surface area (Å²) in [5.41, 5.74) is 1.15. The smallest absolute Gasteiger partial charge is 0.239 e. The van der Waals surface area contributed by atoms with E-state index < -0.39 is 0 Å². The van der Waals surface area contributed by atoms with Gasteiger partial charge in [-0.2, -0.15) is 0 Å². The Labute approximate surface area is 146 Å². The number of amides is 1. The van der Waals surface area contributed by atoms with Crippen molar-refractivity contribution in [1.29, 1.82) is 0 Å². The summed E-state index contributed by atoms with van der Waals surface area (Å²) in [6.07, 6.45) is 0. The highest BCUT2D eigenvalue weighted by molar-refractivity contribution is 6.31. The van der Waals surface area contributed by atoms with Crippen LogP contribution in [-0.2, 0) is 11.3 Å². The van der Waals surface area contributed by atoms with Crippen molar-refractivity contribution in [3.8, 4) is 0 Å². The largest absolute Gasteiger partial charge is 0.360 e. The van der Waals surface area contributed by atoms with Gasteiger partial charge in [0, 0.05) is 43.8 Å². The van der Waals surface area contributed by atoms with E-state index in [1.165, 1.54) is 0 Å². The molecule has 128 valence electrons. The van der Waals surface area contributed by atoms with E-state index in [0.29, 0.717) is 18.1 Å². The van der Waals surface area contributed by atoms with E-state index in [9.17, 15) is 4.79 Å². The second kappa shape index (κ2) is 7.79. The van der Waals surface area contributed by atoms with E-state index in [1.54, 1.807) is 13.0 Å². The van der Waals surface area contributed by atoms with E-state index in [2.05, 4.69) is 26.3 Å². The van der Waals surface area contributed by atoms with E-state index in [1.807, 2.05) is 18.2 Å². The van der Waals surface area contributed by atoms with Gasteiger partial charge in [0.1, 0.15) is 5.76 Å². The first-order valence-electron chi connectivity index (χ1n) is 8.01. The van der Waals surface area contributed by atoms with Gasteiger partial charge in [0.2, 0.25) is 5.91 Å². The topological polar surface area (TPSA) is 61.6 Å². The molecule has 7 heteroatoms. The molecule has 0 radical (unpaired) electrons. The molecular formula is C17H21ClN4O2. The summed E-state index contributed by atoms with van der Waals surface area (Å²) in [5.74, 6) is 1.08. The molecule has 1 aliphatic heterocycles.